The van der Waals surface area contributed by atoms with E-state index in [4.69, 9.17) is 4.74 Å². The number of aryl methyl sites for hydroxylation is 1. The number of ether oxygens (including phenoxy) is 1. The molecule has 0 unspecified atom stereocenters. The smallest absolute Gasteiger partial charge is 0.131 e. The van der Waals surface area contributed by atoms with Crippen molar-refractivity contribution < 1.29 is 4.74 Å². The van der Waals surface area contributed by atoms with E-state index in [1.54, 1.807) is 11.3 Å². The van der Waals surface area contributed by atoms with Gasteiger partial charge in [-0.25, -0.2) is 4.98 Å². The van der Waals surface area contributed by atoms with Crippen molar-refractivity contribution in [3.05, 3.63) is 45.9 Å². The lowest BCUT2D eigenvalue weighted by Crippen LogP contribution is -2.04. The summed E-state index contributed by atoms with van der Waals surface area (Å²) >= 11 is 1.65. The van der Waals surface area contributed by atoms with Crippen LogP contribution in [0.3, 0.4) is 0 Å². The monoisotopic (exact) mass is 248 g/mol. The van der Waals surface area contributed by atoms with Crippen LogP contribution in [0, 0.1) is 6.92 Å². The zero-order chi connectivity index (χ0) is 12.1. The molecule has 0 fully saturated rings. The summed E-state index contributed by atoms with van der Waals surface area (Å²) in [5.41, 5.74) is 2.25. The SMILES string of the molecule is CNCc1ccc(OCc2csc(C)n2)cc1. The molecule has 17 heavy (non-hydrogen) atoms. The van der Waals surface area contributed by atoms with Crippen LogP contribution in [0.25, 0.3) is 0 Å². The van der Waals surface area contributed by atoms with Gasteiger partial charge in [0, 0.05) is 11.9 Å². The molecule has 0 spiro atoms. The summed E-state index contributed by atoms with van der Waals surface area (Å²) in [6.45, 7) is 3.42. The van der Waals surface area contributed by atoms with E-state index in [9.17, 15) is 0 Å². The van der Waals surface area contributed by atoms with Crippen LogP contribution >= 0.6 is 11.3 Å². The van der Waals surface area contributed by atoms with Crippen LogP contribution < -0.4 is 10.1 Å². The predicted octanol–water partition coefficient (Wildman–Crippen LogP) is 2.75. The Balaban J connectivity index is 1.90. The molecule has 0 aliphatic heterocycles. The van der Waals surface area contributed by atoms with Crippen molar-refractivity contribution in [2.45, 2.75) is 20.1 Å². The maximum Gasteiger partial charge on any atom is 0.131 e. The summed E-state index contributed by atoms with van der Waals surface area (Å²) in [4.78, 5) is 4.36. The first-order chi connectivity index (χ1) is 8.28. The summed E-state index contributed by atoms with van der Waals surface area (Å²) in [5.74, 6) is 0.885. The quantitative estimate of drug-likeness (QED) is 0.883. The van der Waals surface area contributed by atoms with Crippen molar-refractivity contribution in [3.63, 3.8) is 0 Å². The molecule has 0 aliphatic rings. The van der Waals surface area contributed by atoms with E-state index in [0.29, 0.717) is 6.61 Å². The van der Waals surface area contributed by atoms with Gasteiger partial charge in [-0.1, -0.05) is 12.1 Å². The number of aromatic nitrogens is 1. The highest BCUT2D eigenvalue weighted by atomic mass is 32.1. The van der Waals surface area contributed by atoms with Crippen LogP contribution in [0.2, 0.25) is 0 Å². The molecule has 0 atom stereocenters. The van der Waals surface area contributed by atoms with Gasteiger partial charge < -0.3 is 10.1 Å². The molecule has 0 aliphatic carbocycles. The first-order valence-electron chi connectivity index (χ1n) is 5.55. The van der Waals surface area contributed by atoms with Gasteiger partial charge in [-0.3, -0.25) is 0 Å². The maximum absolute atomic E-state index is 5.66. The van der Waals surface area contributed by atoms with E-state index >= 15 is 0 Å². The lowest BCUT2D eigenvalue weighted by Gasteiger charge is -2.05. The summed E-state index contributed by atoms with van der Waals surface area (Å²) in [6.07, 6.45) is 0. The molecule has 0 radical (unpaired) electrons. The second-order valence-corrected chi connectivity index (χ2v) is 4.88. The third-order valence-electron chi connectivity index (χ3n) is 2.36. The van der Waals surface area contributed by atoms with Gasteiger partial charge in [0.25, 0.3) is 0 Å². The largest absolute Gasteiger partial charge is 0.487 e. The van der Waals surface area contributed by atoms with E-state index in [0.717, 1.165) is 23.0 Å². The lowest BCUT2D eigenvalue weighted by atomic mass is 10.2. The molecule has 2 aromatic rings. The van der Waals surface area contributed by atoms with Crippen LogP contribution in [0.1, 0.15) is 16.3 Å². The average Bonchev–Trinajstić information content (AvgIpc) is 2.75. The molecule has 1 heterocycles. The van der Waals surface area contributed by atoms with Crippen molar-refractivity contribution in [2.24, 2.45) is 0 Å². The standard InChI is InChI=1S/C13H16N2OS/c1-10-15-12(9-17-10)8-16-13-5-3-11(4-6-13)7-14-2/h3-6,9,14H,7-8H2,1-2H3. The molecule has 90 valence electrons. The summed E-state index contributed by atoms with van der Waals surface area (Å²) < 4.78 is 5.66. The number of thiazole rings is 1. The number of nitrogens with zero attached hydrogens (tertiary/aromatic N) is 1. The highest BCUT2D eigenvalue weighted by Gasteiger charge is 2.00. The molecule has 0 saturated heterocycles. The summed E-state index contributed by atoms with van der Waals surface area (Å²) in [6, 6.07) is 8.12. The Morgan fingerprint density at radius 2 is 2.06 bits per heavy atom. The minimum atomic E-state index is 0.537. The van der Waals surface area contributed by atoms with Crippen LogP contribution in [-0.4, -0.2) is 12.0 Å². The van der Waals surface area contributed by atoms with Gasteiger partial charge in [0.05, 0.1) is 10.7 Å². The number of hydrogen-bond donors (Lipinski definition) is 1. The molecule has 1 aromatic carbocycles. The summed E-state index contributed by atoms with van der Waals surface area (Å²) in [7, 11) is 1.94. The van der Waals surface area contributed by atoms with Crippen LogP contribution in [-0.2, 0) is 13.2 Å². The van der Waals surface area contributed by atoms with Gasteiger partial charge in [0.1, 0.15) is 12.4 Å². The molecule has 2 rings (SSSR count). The van der Waals surface area contributed by atoms with E-state index in [-0.39, 0.29) is 0 Å². The van der Waals surface area contributed by atoms with Crippen molar-refractivity contribution in [1.29, 1.82) is 0 Å². The Morgan fingerprint density at radius 3 is 2.65 bits per heavy atom. The molecule has 0 bridgehead atoms. The maximum atomic E-state index is 5.66. The van der Waals surface area contributed by atoms with Crippen molar-refractivity contribution in [1.82, 2.24) is 10.3 Å². The zero-order valence-electron chi connectivity index (χ0n) is 10.1. The third kappa shape index (κ3) is 3.54. The van der Waals surface area contributed by atoms with Gasteiger partial charge in [0.2, 0.25) is 0 Å². The number of hydrogen-bond acceptors (Lipinski definition) is 4. The molecule has 3 nitrogen and oxygen atoms in total. The second kappa shape index (κ2) is 5.80. The molecule has 1 aromatic heterocycles. The minimum absolute atomic E-state index is 0.537. The van der Waals surface area contributed by atoms with E-state index < -0.39 is 0 Å². The number of benzene rings is 1. The fourth-order valence-corrected chi connectivity index (χ4v) is 2.14. The zero-order valence-corrected chi connectivity index (χ0v) is 10.9. The topological polar surface area (TPSA) is 34.1 Å². The Kier molecular flexibility index (Phi) is 4.12. The van der Waals surface area contributed by atoms with Crippen molar-refractivity contribution in [2.75, 3.05) is 7.05 Å². The fraction of sp³-hybridized carbons (Fsp3) is 0.308. The first-order valence-corrected chi connectivity index (χ1v) is 6.43. The van der Waals surface area contributed by atoms with Crippen molar-refractivity contribution in [3.8, 4) is 5.75 Å². The molecule has 0 saturated carbocycles. The Hall–Kier alpha value is -1.39. The summed E-state index contributed by atoms with van der Waals surface area (Å²) in [5, 5.41) is 6.22. The number of rotatable bonds is 5. The highest BCUT2D eigenvalue weighted by Crippen LogP contribution is 2.15. The van der Waals surface area contributed by atoms with Crippen LogP contribution in [0.4, 0.5) is 0 Å². The molecular weight excluding hydrogens is 232 g/mol. The third-order valence-corrected chi connectivity index (χ3v) is 3.18. The Bertz CT molecular complexity index is 465. The molecule has 4 heteroatoms. The second-order valence-electron chi connectivity index (χ2n) is 3.82. The Labute approximate surface area is 105 Å². The Morgan fingerprint density at radius 1 is 1.29 bits per heavy atom. The van der Waals surface area contributed by atoms with E-state index in [2.05, 4.69) is 22.4 Å². The average molecular weight is 248 g/mol. The molecule has 0 amide bonds. The van der Waals surface area contributed by atoms with Crippen molar-refractivity contribution >= 4 is 11.3 Å². The highest BCUT2D eigenvalue weighted by molar-refractivity contribution is 7.09. The predicted molar refractivity (Wildman–Crippen MR) is 70.4 cm³/mol. The van der Waals surface area contributed by atoms with Gasteiger partial charge in [-0.15, -0.1) is 11.3 Å². The normalized spacial score (nSPS) is 10.5. The molecular formula is C13H16N2OS. The van der Waals surface area contributed by atoms with Gasteiger partial charge in [-0.2, -0.15) is 0 Å². The van der Waals surface area contributed by atoms with E-state index in [1.807, 2.05) is 31.5 Å². The lowest BCUT2D eigenvalue weighted by molar-refractivity contribution is 0.302. The van der Waals surface area contributed by atoms with Gasteiger partial charge >= 0.3 is 0 Å². The first kappa shape index (κ1) is 12.1. The molecule has 1 N–H and O–H groups in total. The fourth-order valence-electron chi connectivity index (χ4n) is 1.54. The number of nitrogens with one attached hydrogen (secondary N) is 1. The van der Waals surface area contributed by atoms with Crippen LogP contribution in [0.15, 0.2) is 29.6 Å². The van der Waals surface area contributed by atoms with Gasteiger partial charge in [0.15, 0.2) is 0 Å². The van der Waals surface area contributed by atoms with Gasteiger partial charge in [-0.05, 0) is 31.7 Å². The van der Waals surface area contributed by atoms with E-state index in [1.165, 1.54) is 5.56 Å². The van der Waals surface area contributed by atoms with Crippen LogP contribution in [0.5, 0.6) is 5.75 Å². The minimum Gasteiger partial charge on any atom is -0.487 e.